The van der Waals surface area contributed by atoms with E-state index >= 15 is 0 Å². The fraction of sp³-hybridized carbons (Fsp3) is 0.300. The normalized spacial score (nSPS) is 11.4. The van der Waals surface area contributed by atoms with Gasteiger partial charge in [0, 0.05) is 11.0 Å². The third-order valence-electron chi connectivity index (χ3n) is 2.02. The Hall–Kier alpha value is -0.500. The SMILES string of the molecule is NC(=S)CCCNS(=O)(=O)c1ccc(Br)cc1. The van der Waals surface area contributed by atoms with Crippen LogP contribution in [0, 0.1) is 0 Å². The van der Waals surface area contributed by atoms with Crippen LogP contribution >= 0.6 is 28.1 Å². The maximum atomic E-state index is 11.8. The Kier molecular flexibility index (Phi) is 5.51. The minimum absolute atomic E-state index is 0.246. The summed E-state index contributed by atoms with van der Waals surface area (Å²) in [7, 11) is -3.43. The van der Waals surface area contributed by atoms with Crippen molar-refractivity contribution in [1.29, 1.82) is 0 Å². The summed E-state index contributed by atoms with van der Waals surface area (Å²) in [5.74, 6) is 0. The van der Waals surface area contributed by atoms with E-state index in [0.717, 1.165) is 4.47 Å². The van der Waals surface area contributed by atoms with E-state index in [4.69, 9.17) is 18.0 Å². The smallest absolute Gasteiger partial charge is 0.240 e. The molecule has 0 saturated heterocycles. The third kappa shape index (κ3) is 5.12. The standard InChI is InChI=1S/C10H13BrN2O2S2/c11-8-3-5-9(6-4-8)17(14,15)13-7-1-2-10(12)16/h3-6,13H,1-2,7H2,(H2,12,16). The number of sulfonamides is 1. The van der Waals surface area contributed by atoms with Crippen molar-refractivity contribution < 1.29 is 8.42 Å². The van der Waals surface area contributed by atoms with E-state index in [9.17, 15) is 8.42 Å². The molecule has 0 heterocycles. The molecule has 94 valence electrons. The van der Waals surface area contributed by atoms with Crippen LogP contribution in [0.3, 0.4) is 0 Å². The number of halogens is 1. The van der Waals surface area contributed by atoms with Crippen LogP contribution in [0.1, 0.15) is 12.8 Å². The van der Waals surface area contributed by atoms with Crippen molar-refractivity contribution in [2.24, 2.45) is 5.73 Å². The molecule has 0 amide bonds. The quantitative estimate of drug-likeness (QED) is 0.613. The molecule has 1 aromatic rings. The molecular weight excluding hydrogens is 324 g/mol. The van der Waals surface area contributed by atoms with Gasteiger partial charge in [-0.25, -0.2) is 13.1 Å². The Balaban J connectivity index is 2.57. The van der Waals surface area contributed by atoms with E-state index < -0.39 is 10.0 Å². The maximum absolute atomic E-state index is 11.8. The van der Waals surface area contributed by atoms with Crippen molar-refractivity contribution in [2.75, 3.05) is 6.54 Å². The van der Waals surface area contributed by atoms with Crippen molar-refractivity contribution in [2.45, 2.75) is 17.7 Å². The van der Waals surface area contributed by atoms with Gasteiger partial charge in [0.2, 0.25) is 10.0 Å². The summed E-state index contributed by atoms with van der Waals surface area (Å²) < 4.78 is 26.9. The van der Waals surface area contributed by atoms with Gasteiger partial charge in [0.25, 0.3) is 0 Å². The zero-order valence-electron chi connectivity index (χ0n) is 9.02. The van der Waals surface area contributed by atoms with Crippen LogP contribution in [0.2, 0.25) is 0 Å². The number of benzene rings is 1. The third-order valence-corrected chi connectivity index (χ3v) is 4.23. The molecule has 7 heteroatoms. The van der Waals surface area contributed by atoms with Crippen LogP contribution in [-0.4, -0.2) is 20.0 Å². The number of nitrogens with one attached hydrogen (secondary N) is 1. The molecule has 0 radical (unpaired) electrons. The molecule has 4 nitrogen and oxygen atoms in total. The summed E-state index contributed by atoms with van der Waals surface area (Å²) >= 11 is 7.95. The van der Waals surface area contributed by atoms with Gasteiger partial charge in [0.05, 0.1) is 9.88 Å². The van der Waals surface area contributed by atoms with Gasteiger partial charge in [0.1, 0.15) is 0 Å². The molecule has 0 bridgehead atoms. The number of rotatable bonds is 6. The molecule has 0 aliphatic rings. The Bertz CT molecular complexity index is 486. The predicted molar refractivity (Wildman–Crippen MR) is 75.3 cm³/mol. The largest absolute Gasteiger partial charge is 0.393 e. The molecule has 0 aliphatic carbocycles. The lowest BCUT2D eigenvalue weighted by atomic mass is 10.3. The monoisotopic (exact) mass is 336 g/mol. The zero-order chi connectivity index (χ0) is 12.9. The molecule has 0 spiro atoms. The van der Waals surface area contributed by atoms with E-state index in [1.54, 1.807) is 24.3 Å². The van der Waals surface area contributed by atoms with Crippen molar-refractivity contribution in [1.82, 2.24) is 4.72 Å². The highest BCUT2D eigenvalue weighted by Gasteiger charge is 2.12. The lowest BCUT2D eigenvalue weighted by Gasteiger charge is -2.06. The first-order chi connectivity index (χ1) is 7.92. The molecule has 0 aliphatic heterocycles. The van der Waals surface area contributed by atoms with E-state index in [-0.39, 0.29) is 4.90 Å². The molecule has 3 N–H and O–H groups in total. The molecule has 0 saturated carbocycles. The van der Waals surface area contributed by atoms with Gasteiger partial charge < -0.3 is 5.73 Å². The van der Waals surface area contributed by atoms with Gasteiger partial charge in [-0.1, -0.05) is 28.1 Å². The number of hydrogen-bond acceptors (Lipinski definition) is 3. The van der Waals surface area contributed by atoms with E-state index in [0.29, 0.717) is 24.4 Å². The second-order valence-electron chi connectivity index (χ2n) is 3.42. The molecule has 1 rings (SSSR count). The van der Waals surface area contributed by atoms with Crippen LogP contribution in [0.4, 0.5) is 0 Å². The fourth-order valence-corrected chi connectivity index (χ4v) is 2.65. The van der Waals surface area contributed by atoms with E-state index in [1.165, 1.54) is 0 Å². The zero-order valence-corrected chi connectivity index (χ0v) is 12.2. The molecule has 0 atom stereocenters. The molecule has 17 heavy (non-hydrogen) atoms. The van der Waals surface area contributed by atoms with Gasteiger partial charge in [-0.05, 0) is 37.1 Å². The average molecular weight is 337 g/mol. The summed E-state index contributed by atoms with van der Waals surface area (Å²) in [4.78, 5) is 0.642. The van der Waals surface area contributed by atoms with Crippen molar-refractivity contribution in [3.05, 3.63) is 28.7 Å². The lowest BCUT2D eigenvalue weighted by Crippen LogP contribution is -2.25. The van der Waals surface area contributed by atoms with Gasteiger partial charge in [0.15, 0.2) is 0 Å². The van der Waals surface area contributed by atoms with Gasteiger partial charge >= 0.3 is 0 Å². The van der Waals surface area contributed by atoms with Crippen molar-refractivity contribution >= 4 is 43.2 Å². The number of nitrogens with two attached hydrogens (primary N) is 1. The first kappa shape index (κ1) is 14.6. The van der Waals surface area contributed by atoms with Crippen LogP contribution in [-0.2, 0) is 10.0 Å². The first-order valence-electron chi connectivity index (χ1n) is 4.95. The Morgan fingerprint density at radius 2 is 1.94 bits per heavy atom. The van der Waals surface area contributed by atoms with Crippen LogP contribution in [0.15, 0.2) is 33.6 Å². The van der Waals surface area contributed by atoms with Crippen LogP contribution < -0.4 is 10.5 Å². The van der Waals surface area contributed by atoms with Gasteiger partial charge in [-0.15, -0.1) is 0 Å². The summed E-state index contributed by atoms with van der Waals surface area (Å²) in [5, 5.41) is 0. The summed E-state index contributed by atoms with van der Waals surface area (Å²) in [6.45, 7) is 0.329. The van der Waals surface area contributed by atoms with Gasteiger partial charge in [-0.2, -0.15) is 0 Å². The number of thiocarbonyl (C=S) groups is 1. The second kappa shape index (κ2) is 6.44. The number of hydrogen-bond donors (Lipinski definition) is 2. The Morgan fingerprint density at radius 1 is 1.35 bits per heavy atom. The summed E-state index contributed by atoms with van der Waals surface area (Å²) in [6.07, 6.45) is 1.14. The van der Waals surface area contributed by atoms with Crippen molar-refractivity contribution in [3.63, 3.8) is 0 Å². The molecule has 0 aromatic heterocycles. The van der Waals surface area contributed by atoms with E-state index in [2.05, 4.69) is 20.7 Å². The van der Waals surface area contributed by atoms with E-state index in [1.807, 2.05) is 0 Å². The highest BCUT2D eigenvalue weighted by atomic mass is 79.9. The summed E-state index contributed by atoms with van der Waals surface area (Å²) in [6, 6.07) is 6.45. The minimum atomic E-state index is -3.43. The topological polar surface area (TPSA) is 72.2 Å². The highest BCUT2D eigenvalue weighted by Crippen LogP contribution is 2.14. The molecule has 0 unspecified atom stereocenters. The summed E-state index contributed by atoms with van der Waals surface area (Å²) in [5.41, 5.74) is 5.32. The first-order valence-corrected chi connectivity index (χ1v) is 7.64. The van der Waals surface area contributed by atoms with Crippen LogP contribution in [0.25, 0.3) is 0 Å². The average Bonchev–Trinajstić information content (AvgIpc) is 2.25. The molecule has 0 fully saturated rings. The Labute approximate surface area is 115 Å². The Morgan fingerprint density at radius 3 is 2.47 bits per heavy atom. The predicted octanol–water partition coefficient (Wildman–Crippen LogP) is 1.79. The van der Waals surface area contributed by atoms with Gasteiger partial charge in [-0.3, -0.25) is 0 Å². The molecule has 1 aromatic carbocycles. The lowest BCUT2D eigenvalue weighted by molar-refractivity contribution is 0.580. The minimum Gasteiger partial charge on any atom is -0.393 e. The van der Waals surface area contributed by atoms with Crippen LogP contribution in [0.5, 0.6) is 0 Å². The fourth-order valence-electron chi connectivity index (χ4n) is 1.17. The maximum Gasteiger partial charge on any atom is 0.240 e. The second-order valence-corrected chi connectivity index (χ2v) is 6.63. The van der Waals surface area contributed by atoms with Crippen molar-refractivity contribution in [3.8, 4) is 0 Å². The molecular formula is C10H13BrN2O2S2. The highest BCUT2D eigenvalue weighted by molar-refractivity contribution is 9.10.